The molecule has 1 aromatic rings. The van der Waals surface area contributed by atoms with E-state index in [0.29, 0.717) is 5.92 Å². The Labute approximate surface area is 118 Å². The molecular formula is C13H22N4OS. The molecular weight excluding hydrogens is 260 g/mol. The lowest BCUT2D eigenvalue weighted by molar-refractivity contribution is 0.208. The van der Waals surface area contributed by atoms with Gasteiger partial charge in [0.2, 0.25) is 0 Å². The van der Waals surface area contributed by atoms with Gasteiger partial charge in [-0.05, 0) is 25.0 Å². The number of hydrogen-bond donors (Lipinski definition) is 2. The molecule has 1 fully saturated rings. The molecule has 1 aliphatic heterocycles. The molecule has 0 aromatic carbocycles. The van der Waals surface area contributed by atoms with E-state index in [0.717, 1.165) is 49.9 Å². The summed E-state index contributed by atoms with van der Waals surface area (Å²) in [6, 6.07) is 2.00. The van der Waals surface area contributed by atoms with Crippen LogP contribution in [0.4, 0.5) is 11.6 Å². The molecule has 5 nitrogen and oxygen atoms in total. The number of aromatic nitrogens is 2. The first-order valence-electron chi connectivity index (χ1n) is 6.74. The maximum atomic E-state index is 9.28. The minimum Gasteiger partial charge on any atom is -0.396 e. The summed E-state index contributed by atoms with van der Waals surface area (Å²) >= 11 is 1.81. The summed E-state index contributed by atoms with van der Waals surface area (Å²) in [5, 5.41) is 12.6. The largest absolute Gasteiger partial charge is 0.396 e. The van der Waals surface area contributed by atoms with Gasteiger partial charge < -0.3 is 15.3 Å². The Bertz CT molecular complexity index is 391. The first kappa shape index (κ1) is 14.4. The van der Waals surface area contributed by atoms with Gasteiger partial charge in [0.25, 0.3) is 0 Å². The fourth-order valence-electron chi connectivity index (χ4n) is 2.32. The van der Waals surface area contributed by atoms with Crippen molar-refractivity contribution in [1.29, 1.82) is 0 Å². The number of anilines is 2. The number of nitrogens with one attached hydrogen (secondary N) is 1. The van der Waals surface area contributed by atoms with Crippen LogP contribution in [0.2, 0.25) is 0 Å². The first-order valence-corrected chi connectivity index (χ1v) is 8.13. The molecule has 6 heteroatoms. The first-order chi connectivity index (χ1) is 9.33. The number of aliphatic hydroxyl groups is 1. The van der Waals surface area contributed by atoms with Crippen molar-refractivity contribution in [3.8, 4) is 0 Å². The van der Waals surface area contributed by atoms with Gasteiger partial charge in [-0.3, -0.25) is 0 Å². The van der Waals surface area contributed by atoms with Crippen molar-refractivity contribution >= 4 is 23.4 Å². The second-order valence-electron chi connectivity index (χ2n) is 4.82. The Kier molecular flexibility index (Phi) is 5.72. The fourth-order valence-corrected chi connectivity index (χ4v) is 2.63. The van der Waals surface area contributed by atoms with Gasteiger partial charge in [0.05, 0.1) is 0 Å². The summed E-state index contributed by atoms with van der Waals surface area (Å²) in [5.74, 6) is 3.27. The topological polar surface area (TPSA) is 61.3 Å². The van der Waals surface area contributed by atoms with Crippen molar-refractivity contribution in [2.75, 3.05) is 48.5 Å². The van der Waals surface area contributed by atoms with Gasteiger partial charge in [-0.15, -0.1) is 0 Å². The van der Waals surface area contributed by atoms with Crippen LogP contribution in [0.1, 0.15) is 12.8 Å². The van der Waals surface area contributed by atoms with E-state index in [2.05, 4.69) is 26.4 Å². The van der Waals surface area contributed by atoms with Gasteiger partial charge in [-0.2, -0.15) is 11.8 Å². The van der Waals surface area contributed by atoms with Crippen LogP contribution < -0.4 is 10.2 Å². The Morgan fingerprint density at radius 3 is 3.21 bits per heavy atom. The molecule has 106 valence electrons. The van der Waals surface area contributed by atoms with Gasteiger partial charge in [0.1, 0.15) is 18.0 Å². The standard InChI is InChI=1S/C13H22N4OS/c1-19-6-4-14-12-7-13(16-10-15-12)17-5-2-3-11(8-17)9-18/h7,10-11,18H,2-6,8-9H2,1H3,(H,14,15,16). The molecule has 2 rings (SSSR count). The Hall–Kier alpha value is -1.01. The van der Waals surface area contributed by atoms with Gasteiger partial charge in [-0.25, -0.2) is 9.97 Å². The molecule has 1 atom stereocenters. The molecule has 0 aliphatic carbocycles. The second kappa shape index (κ2) is 7.55. The maximum absolute atomic E-state index is 9.28. The highest BCUT2D eigenvalue weighted by molar-refractivity contribution is 7.98. The zero-order valence-corrected chi connectivity index (χ0v) is 12.2. The van der Waals surface area contributed by atoms with Crippen LogP contribution in [0.15, 0.2) is 12.4 Å². The van der Waals surface area contributed by atoms with Gasteiger partial charge >= 0.3 is 0 Å². The van der Waals surface area contributed by atoms with E-state index in [1.807, 2.05) is 17.8 Å². The highest BCUT2D eigenvalue weighted by Gasteiger charge is 2.20. The second-order valence-corrected chi connectivity index (χ2v) is 5.80. The minimum atomic E-state index is 0.264. The van der Waals surface area contributed by atoms with E-state index in [1.54, 1.807) is 6.33 Å². The smallest absolute Gasteiger partial charge is 0.134 e. The van der Waals surface area contributed by atoms with Crippen molar-refractivity contribution in [2.24, 2.45) is 5.92 Å². The lowest BCUT2D eigenvalue weighted by Gasteiger charge is -2.32. The molecule has 0 spiro atoms. The van der Waals surface area contributed by atoms with E-state index in [9.17, 15) is 5.11 Å². The molecule has 1 saturated heterocycles. The SMILES string of the molecule is CSCCNc1cc(N2CCCC(CO)C2)ncn1. The average molecular weight is 282 g/mol. The third kappa shape index (κ3) is 4.24. The maximum Gasteiger partial charge on any atom is 0.134 e. The normalized spacial score (nSPS) is 19.5. The highest BCUT2D eigenvalue weighted by Crippen LogP contribution is 2.22. The number of rotatable bonds is 6. The van der Waals surface area contributed by atoms with E-state index in [-0.39, 0.29) is 6.61 Å². The van der Waals surface area contributed by atoms with Crippen molar-refractivity contribution < 1.29 is 5.11 Å². The average Bonchev–Trinajstić information content (AvgIpc) is 2.48. The lowest BCUT2D eigenvalue weighted by atomic mass is 9.99. The predicted molar refractivity (Wildman–Crippen MR) is 80.9 cm³/mol. The van der Waals surface area contributed by atoms with Crippen LogP contribution in [-0.4, -0.2) is 53.3 Å². The quantitative estimate of drug-likeness (QED) is 0.770. The number of thioether (sulfide) groups is 1. The van der Waals surface area contributed by atoms with E-state index < -0.39 is 0 Å². The molecule has 0 bridgehead atoms. The third-order valence-corrected chi connectivity index (χ3v) is 3.98. The van der Waals surface area contributed by atoms with Crippen LogP contribution in [0.5, 0.6) is 0 Å². The van der Waals surface area contributed by atoms with Crippen LogP contribution in [-0.2, 0) is 0 Å². The van der Waals surface area contributed by atoms with E-state index in [4.69, 9.17) is 0 Å². The molecule has 1 aliphatic rings. The van der Waals surface area contributed by atoms with Crippen molar-refractivity contribution in [1.82, 2.24) is 9.97 Å². The summed E-state index contributed by atoms with van der Waals surface area (Å²) in [5.41, 5.74) is 0. The van der Waals surface area contributed by atoms with Crippen LogP contribution in [0.25, 0.3) is 0 Å². The zero-order valence-electron chi connectivity index (χ0n) is 11.4. The molecule has 19 heavy (non-hydrogen) atoms. The third-order valence-electron chi connectivity index (χ3n) is 3.37. The van der Waals surface area contributed by atoms with Gasteiger partial charge in [0.15, 0.2) is 0 Å². The summed E-state index contributed by atoms with van der Waals surface area (Å²) in [4.78, 5) is 10.8. The molecule has 2 heterocycles. The summed E-state index contributed by atoms with van der Waals surface area (Å²) < 4.78 is 0. The van der Waals surface area contributed by atoms with Crippen molar-refractivity contribution in [2.45, 2.75) is 12.8 Å². The number of piperidine rings is 1. The summed E-state index contributed by atoms with van der Waals surface area (Å²) in [6.07, 6.45) is 5.93. The summed E-state index contributed by atoms with van der Waals surface area (Å²) in [6.45, 7) is 3.08. The zero-order chi connectivity index (χ0) is 13.5. The fraction of sp³-hybridized carbons (Fsp3) is 0.692. The number of nitrogens with zero attached hydrogens (tertiary/aromatic N) is 3. The minimum absolute atomic E-state index is 0.264. The van der Waals surface area contributed by atoms with E-state index in [1.165, 1.54) is 0 Å². The van der Waals surface area contributed by atoms with Gasteiger partial charge in [0, 0.05) is 38.1 Å². The summed E-state index contributed by atoms with van der Waals surface area (Å²) in [7, 11) is 0. The molecule has 0 saturated carbocycles. The van der Waals surface area contributed by atoms with Crippen LogP contribution in [0, 0.1) is 5.92 Å². The molecule has 1 aromatic heterocycles. The highest BCUT2D eigenvalue weighted by atomic mass is 32.2. The van der Waals surface area contributed by atoms with E-state index >= 15 is 0 Å². The monoisotopic (exact) mass is 282 g/mol. The lowest BCUT2D eigenvalue weighted by Crippen LogP contribution is -2.37. The van der Waals surface area contributed by atoms with Crippen LogP contribution in [0.3, 0.4) is 0 Å². The molecule has 0 radical (unpaired) electrons. The molecule has 2 N–H and O–H groups in total. The van der Waals surface area contributed by atoms with Gasteiger partial charge in [-0.1, -0.05) is 0 Å². The predicted octanol–water partition coefficient (Wildman–Crippen LogP) is 1.46. The number of aliphatic hydroxyl groups excluding tert-OH is 1. The van der Waals surface area contributed by atoms with Crippen molar-refractivity contribution in [3.05, 3.63) is 12.4 Å². The Balaban J connectivity index is 1.97. The Morgan fingerprint density at radius 1 is 1.53 bits per heavy atom. The van der Waals surface area contributed by atoms with Crippen LogP contribution >= 0.6 is 11.8 Å². The molecule has 1 unspecified atom stereocenters. The molecule has 0 amide bonds. The van der Waals surface area contributed by atoms with Crippen molar-refractivity contribution in [3.63, 3.8) is 0 Å². The Morgan fingerprint density at radius 2 is 2.42 bits per heavy atom. The number of hydrogen-bond acceptors (Lipinski definition) is 6.